The number of nitrogens with zero attached hydrogens (tertiary/aromatic N) is 1. The zero-order chi connectivity index (χ0) is 13.0. The fraction of sp³-hybridized carbons (Fsp3) is 0.562. The van der Waals surface area contributed by atoms with Gasteiger partial charge in [-0.05, 0) is 55.2 Å². The molecule has 0 heterocycles. The summed E-state index contributed by atoms with van der Waals surface area (Å²) in [6, 6.07) is 6.97. The molecule has 1 fully saturated rings. The van der Waals surface area contributed by atoms with Crippen LogP contribution in [0.2, 0.25) is 0 Å². The molecule has 2 heteroatoms. The lowest BCUT2D eigenvalue weighted by Crippen LogP contribution is -2.13. The Bertz CT molecular complexity index is 439. The topological polar surface area (TPSA) is 23.8 Å². The van der Waals surface area contributed by atoms with E-state index < -0.39 is 0 Å². The molecular formula is C16H20FN. The van der Waals surface area contributed by atoms with Gasteiger partial charge in [0, 0.05) is 0 Å². The minimum absolute atomic E-state index is 0.151. The molecular weight excluding hydrogens is 225 g/mol. The standard InChI is InChI=1S/C16H20FN/c1-2-3-12-4-6-13(7-5-12)14-8-9-15(11-18)16(17)10-14/h8-10,12-13H,2-7H2,1H3. The van der Waals surface area contributed by atoms with E-state index in [4.69, 9.17) is 5.26 Å². The number of halogens is 1. The highest BCUT2D eigenvalue weighted by Gasteiger charge is 2.22. The minimum Gasteiger partial charge on any atom is -0.206 e. The largest absolute Gasteiger partial charge is 0.206 e. The van der Waals surface area contributed by atoms with Crippen molar-refractivity contribution in [3.8, 4) is 6.07 Å². The summed E-state index contributed by atoms with van der Waals surface area (Å²) in [7, 11) is 0. The first-order valence-corrected chi connectivity index (χ1v) is 6.94. The molecule has 1 aliphatic carbocycles. The van der Waals surface area contributed by atoms with Gasteiger partial charge in [0.15, 0.2) is 0 Å². The molecule has 96 valence electrons. The Hall–Kier alpha value is -1.36. The molecule has 18 heavy (non-hydrogen) atoms. The molecule has 0 amide bonds. The molecule has 0 atom stereocenters. The van der Waals surface area contributed by atoms with Crippen molar-refractivity contribution in [2.45, 2.75) is 51.4 Å². The zero-order valence-electron chi connectivity index (χ0n) is 11.0. The van der Waals surface area contributed by atoms with Crippen LogP contribution in [0.1, 0.15) is 62.5 Å². The van der Waals surface area contributed by atoms with Gasteiger partial charge in [-0.25, -0.2) is 4.39 Å². The SMILES string of the molecule is CCCC1CCC(c2ccc(C#N)c(F)c2)CC1. The molecule has 0 aliphatic heterocycles. The maximum absolute atomic E-state index is 13.6. The fourth-order valence-electron chi connectivity index (χ4n) is 3.07. The van der Waals surface area contributed by atoms with Gasteiger partial charge in [0.2, 0.25) is 0 Å². The van der Waals surface area contributed by atoms with E-state index in [1.54, 1.807) is 12.1 Å². The predicted octanol–water partition coefficient (Wildman–Crippen LogP) is 4.77. The fourth-order valence-corrected chi connectivity index (χ4v) is 3.07. The lowest BCUT2D eigenvalue weighted by Gasteiger charge is -2.28. The Morgan fingerprint density at radius 1 is 1.28 bits per heavy atom. The van der Waals surface area contributed by atoms with Crippen LogP contribution < -0.4 is 0 Å². The second-order valence-corrected chi connectivity index (χ2v) is 5.36. The van der Waals surface area contributed by atoms with Crippen LogP contribution in [0.4, 0.5) is 4.39 Å². The number of benzene rings is 1. The molecule has 0 aromatic heterocycles. The molecule has 1 aromatic rings. The van der Waals surface area contributed by atoms with Crippen LogP contribution >= 0.6 is 0 Å². The number of hydrogen-bond donors (Lipinski definition) is 0. The van der Waals surface area contributed by atoms with Gasteiger partial charge in [0.1, 0.15) is 11.9 Å². The molecule has 1 aromatic carbocycles. The highest BCUT2D eigenvalue weighted by atomic mass is 19.1. The van der Waals surface area contributed by atoms with Crippen LogP contribution in [0, 0.1) is 23.1 Å². The van der Waals surface area contributed by atoms with Gasteiger partial charge in [-0.2, -0.15) is 5.26 Å². The van der Waals surface area contributed by atoms with Crippen molar-refractivity contribution >= 4 is 0 Å². The lowest BCUT2D eigenvalue weighted by atomic mass is 9.77. The van der Waals surface area contributed by atoms with E-state index in [1.807, 2.05) is 12.1 Å². The summed E-state index contributed by atoms with van der Waals surface area (Å²) in [5.74, 6) is 0.987. The van der Waals surface area contributed by atoms with Gasteiger partial charge in [-0.15, -0.1) is 0 Å². The number of rotatable bonds is 3. The molecule has 0 saturated heterocycles. The lowest BCUT2D eigenvalue weighted by molar-refractivity contribution is 0.308. The van der Waals surface area contributed by atoms with Gasteiger partial charge in [-0.1, -0.05) is 25.8 Å². The Balaban J connectivity index is 2.02. The maximum atomic E-state index is 13.6. The summed E-state index contributed by atoms with van der Waals surface area (Å²) in [5, 5.41) is 8.72. The third-order valence-corrected chi connectivity index (χ3v) is 4.13. The van der Waals surface area contributed by atoms with Crippen molar-refractivity contribution in [3.05, 3.63) is 35.1 Å². The summed E-state index contributed by atoms with van der Waals surface area (Å²) in [6.07, 6.45) is 7.45. The Morgan fingerprint density at radius 3 is 2.56 bits per heavy atom. The summed E-state index contributed by atoms with van der Waals surface area (Å²) in [5.41, 5.74) is 1.22. The smallest absolute Gasteiger partial charge is 0.141 e. The van der Waals surface area contributed by atoms with E-state index in [2.05, 4.69) is 6.92 Å². The summed E-state index contributed by atoms with van der Waals surface area (Å²) in [4.78, 5) is 0. The second-order valence-electron chi connectivity index (χ2n) is 5.36. The van der Waals surface area contributed by atoms with Gasteiger partial charge in [0.05, 0.1) is 5.56 Å². The minimum atomic E-state index is -0.370. The summed E-state index contributed by atoms with van der Waals surface area (Å²) >= 11 is 0. The van der Waals surface area contributed by atoms with Gasteiger partial charge >= 0.3 is 0 Å². The number of nitriles is 1. The van der Waals surface area contributed by atoms with Crippen molar-refractivity contribution in [3.63, 3.8) is 0 Å². The first-order chi connectivity index (χ1) is 8.74. The van der Waals surface area contributed by atoms with E-state index >= 15 is 0 Å². The van der Waals surface area contributed by atoms with Crippen molar-refractivity contribution < 1.29 is 4.39 Å². The van der Waals surface area contributed by atoms with Crippen molar-refractivity contribution in [2.75, 3.05) is 0 Å². The Morgan fingerprint density at radius 2 is 2.00 bits per heavy atom. The zero-order valence-corrected chi connectivity index (χ0v) is 11.0. The molecule has 0 unspecified atom stereocenters. The highest BCUT2D eigenvalue weighted by Crippen LogP contribution is 2.37. The second kappa shape index (κ2) is 6.00. The van der Waals surface area contributed by atoms with E-state index in [0.717, 1.165) is 24.3 Å². The third-order valence-electron chi connectivity index (χ3n) is 4.13. The monoisotopic (exact) mass is 245 g/mol. The third kappa shape index (κ3) is 2.90. The van der Waals surface area contributed by atoms with Gasteiger partial charge < -0.3 is 0 Å². The van der Waals surface area contributed by atoms with Gasteiger partial charge in [0.25, 0.3) is 0 Å². The van der Waals surface area contributed by atoms with Crippen LogP contribution in [-0.2, 0) is 0 Å². The van der Waals surface area contributed by atoms with E-state index in [0.29, 0.717) is 5.92 Å². The Labute approximate surface area is 109 Å². The molecule has 1 nitrogen and oxygen atoms in total. The molecule has 1 saturated carbocycles. The van der Waals surface area contributed by atoms with E-state index in [1.165, 1.54) is 25.7 Å². The van der Waals surface area contributed by atoms with Crippen LogP contribution in [0.3, 0.4) is 0 Å². The normalized spacial score (nSPS) is 23.6. The quantitative estimate of drug-likeness (QED) is 0.752. The Kier molecular flexibility index (Phi) is 4.36. The van der Waals surface area contributed by atoms with Crippen LogP contribution in [0.5, 0.6) is 0 Å². The van der Waals surface area contributed by atoms with Crippen molar-refractivity contribution in [1.29, 1.82) is 5.26 Å². The highest BCUT2D eigenvalue weighted by molar-refractivity contribution is 5.34. The van der Waals surface area contributed by atoms with Crippen LogP contribution in [-0.4, -0.2) is 0 Å². The molecule has 0 radical (unpaired) electrons. The predicted molar refractivity (Wildman–Crippen MR) is 70.7 cm³/mol. The van der Waals surface area contributed by atoms with E-state index in [-0.39, 0.29) is 11.4 Å². The van der Waals surface area contributed by atoms with Crippen molar-refractivity contribution in [2.24, 2.45) is 5.92 Å². The van der Waals surface area contributed by atoms with Gasteiger partial charge in [-0.3, -0.25) is 0 Å². The molecule has 2 rings (SSSR count). The van der Waals surface area contributed by atoms with Crippen LogP contribution in [0.25, 0.3) is 0 Å². The average Bonchev–Trinajstić information content (AvgIpc) is 2.40. The molecule has 0 spiro atoms. The first kappa shape index (κ1) is 13.1. The number of hydrogen-bond acceptors (Lipinski definition) is 1. The summed E-state index contributed by atoms with van der Waals surface area (Å²) < 4.78 is 13.6. The van der Waals surface area contributed by atoms with Crippen molar-refractivity contribution in [1.82, 2.24) is 0 Å². The maximum Gasteiger partial charge on any atom is 0.141 e. The molecule has 1 aliphatic rings. The van der Waals surface area contributed by atoms with Crippen LogP contribution in [0.15, 0.2) is 18.2 Å². The molecule has 0 bridgehead atoms. The van der Waals surface area contributed by atoms with E-state index in [9.17, 15) is 4.39 Å². The average molecular weight is 245 g/mol. The molecule has 0 N–H and O–H groups in total. The first-order valence-electron chi connectivity index (χ1n) is 6.94. The summed E-state index contributed by atoms with van der Waals surface area (Å²) in [6.45, 7) is 2.24.